The zero-order chi connectivity index (χ0) is 28.9. The molecule has 0 aliphatic carbocycles. The van der Waals surface area contributed by atoms with E-state index in [1.807, 2.05) is 67.6 Å². The molecule has 1 fully saturated rings. The third-order valence-electron chi connectivity index (χ3n) is 7.60. The molecule has 0 spiro atoms. The van der Waals surface area contributed by atoms with Crippen molar-refractivity contribution in [1.82, 2.24) is 14.9 Å². The fraction of sp³-hybridized carbons (Fsp3) is 0.333. The van der Waals surface area contributed by atoms with Crippen LogP contribution in [0.3, 0.4) is 0 Å². The van der Waals surface area contributed by atoms with Crippen LogP contribution in [0, 0.1) is 19.8 Å². The van der Waals surface area contributed by atoms with E-state index in [0.717, 1.165) is 44.8 Å². The van der Waals surface area contributed by atoms with Gasteiger partial charge in [0.1, 0.15) is 12.4 Å². The van der Waals surface area contributed by atoms with Gasteiger partial charge in [0.2, 0.25) is 0 Å². The number of hydrogen-bond acceptors (Lipinski definition) is 7. The van der Waals surface area contributed by atoms with Crippen molar-refractivity contribution in [1.29, 1.82) is 0 Å². The summed E-state index contributed by atoms with van der Waals surface area (Å²) in [7, 11) is 3.05. The van der Waals surface area contributed by atoms with Crippen LogP contribution in [0.2, 0.25) is 0 Å². The van der Waals surface area contributed by atoms with Gasteiger partial charge in [0.05, 0.1) is 26.3 Å². The van der Waals surface area contributed by atoms with Gasteiger partial charge in [-0.3, -0.25) is 4.79 Å². The number of rotatable bonds is 7. The summed E-state index contributed by atoms with van der Waals surface area (Å²) in [6.07, 6.45) is 0.509. The van der Waals surface area contributed by atoms with Crippen LogP contribution in [0.15, 0.2) is 66.7 Å². The molecule has 0 radical (unpaired) electrons. The summed E-state index contributed by atoms with van der Waals surface area (Å²) in [4.78, 5) is 36.9. The highest BCUT2D eigenvalue weighted by molar-refractivity contribution is 5.81. The molecule has 0 saturated carbocycles. The molecule has 0 bridgehead atoms. The predicted octanol–water partition coefficient (Wildman–Crippen LogP) is 6.23. The molecule has 2 atom stereocenters. The fourth-order valence-electron chi connectivity index (χ4n) is 5.64. The first-order valence-corrected chi connectivity index (χ1v) is 13.8. The molecule has 1 aliphatic rings. The Hall–Kier alpha value is -4.46. The van der Waals surface area contributed by atoms with Gasteiger partial charge in [-0.1, -0.05) is 36.4 Å². The number of ether oxygens (including phenoxy) is 3. The smallest absolute Gasteiger partial charge is 0.410 e. The number of methoxy groups -OCH3 is 2. The number of hydrogen-bond donors (Lipinski definition) is 0. The van der Waals surface area contributed by atoms with Crippen LogP contribution < -0.4 is 4.74 Å². The second-order valence-electron chi connectivity index (χ2n) is 10.7. The van der Waals surface area contributed by atoms with Gasteiger partial charge in [-0.2, -0.15) is 0 Å². The second-order valence-corrected chi connectivity index (χ2v) is 10.7. The van der Waals surface area contributed by atoms with Crippen molar-refractivity contribution < 1.29 is 23.8 Å². The minimum atomic E-state index is -0.406. The Balaban J connectivity index is 1.43. The first kappa shape index (κ1) is 28.1. The normalized spacial score (nSPS) is 16.8. The Bertz CT molecular complexity index is 1560. The van der Waals surface area contributed by atoms with Gasteiger partial charge in [0, 0.05) is 35.7 Å². The molecule has 8 nitrogen and oxygen atoms in total. The average molecular weight is 554 g/mol. The van der Waals surface area contributed by atoms with Crippen LogP contribution in [-0.4, -0.2) is 54.2 Å². The number of likely N-dealkylation sites (tertiary alicyclic amines) is 1. The minimum absolute atomic E-state index is 0.0817. The summed E-state index contributed by atoms with van der Waals surface area (Å²) in [6, 6.07) is 21.7. The number of fused-ring (bicyclic) bond motifs is 1. The van der Waals surface area contributed by atoms with E-state index in [-0.39, 0.29) is 30.8 Å². The van der Waals surface area contributed by atoms with Crippen LogP contribution >= 0.6 is 0 Å². The Morgan fingerprint density at radius 1 is 0.951 bits per heavy atom. The zero-order valence-electron chi connectivity index (χ0n) is 23.9. The van der Waals surface area contributed by atoms with Crippen molar-refractivity contribution in [3.63, 3.8) is 0 Å². The fourth-order valence-corrected chi connectivity index (χ4v) is 5.64. The number of carbonyl (C=O) groups excluding carboxylic acids is 2. The van der Waals surface area contributed by atoms with Gasteiger partial charge in [0.25, 0.3) is 0 Å². The number of piperidine rings is 1. The van der Waals surface area contributed by atoms with E-state index < -0.39 is 6.09 Å². The average Bonchev–Trinajstić information content (AvgIpc) is 2.99. The van der Waals surface area contributed by atoms with E-state index in [2.05, 4.69) is 13.0 Å². The molecule has 1 amide bonds. The number of carbonyl (C=O) groups is 2. The van der Waals surface area contributed by atoms with E-state index >= 15 is 0 Å². The van der Waals surface area contributed by atoms with E-state index in [1.165, 1.54) is 7.11 Å². The van der Waals surface area contributed by atoms with Crippen molar-refractivity contribution >= 4 is 23.1 Å². The Kier molecular flexibility index (Phi) is 8.47. The van der Waals surface area contributed by atoms with Crippen molar-refractivity contribution in [3.05, 3.63) is 89.1 Å². The van der Waals surface area contributed by atoms with Crippen molar-refractivity contribution in [2.75, 3.05) is 27.3 Å². The molecule has 2 aromatic heterocycles. The van der Waals surface area contributed by atoms with E-state index in [4.69, 9.17) is 24.2 Å². The van der Waals surface area contributed by atoms with Crippen LogP contribution in [-0.2, 0) is 20.9 Å². The SMILES string of the molecule is COC(=O)CC1CC(c2ccc3ccc(-c4c(C)cc(C)cc4OC)nc3n2)CN(C(=O)OCc2ccccc2)C1. The maximum Gasteiger partial charge on any atom is 0.410 e. The maximum atomic E-state index is 13.1. The zero-order valence-corrected chi connectivity index (χ0v) is 23.9. The van der Waals surface area contributed by atoms with Gasteiger partial charge in [0.15, 0.2) is 5.65 Å². The highest BCUT2D eigenvalue weighted by Crippen LogP contribution is 2.35. The topological polar surface area (TPSA) is 90.9 Å². The summed E-state index contributed by atoms with van der Waals surface area (Å²) in [5.41, 5.74) is 6.28. The molecule has 1 saturated heterocycles. The third-order valence-corrected chi connectivity index (χ3v) is 7.60. The van der Waals surface area contributed by atoms with Gasteiger partial charge in [-0.25, -0.2) is 14.8 Å². The van der Waals surface area contributed by atoms with Gasteiger partial charge in [-0.15, -0.1) is 0 Å². The Morgan fingerprint density at radius 3 is 2.49 bits per heavy atom. The molecule has 41 heavy (non-hydrogen) atoms. The lowest BCUT2D eigenvalue weighted by molar-refractivity contribution is -0.142. The molecule has 212 valence electrons. The van der Waals surface area contributed by atoms with E-state index in [0.29, 0.717) is 25.2 Å². The largest absolute Gasteiger partial charge is 0.496 e. The van der Waals surface area contributed by atoms with Gasteiger partial charge < -0.3 is 19.1 Å². The Labute approximate surface area is 240 Å². The lowest BCUT2D eigenvalue weighted by atomic mass is 9.85. The minimum Gasteiger partial charge on any atom is -0.496 e. The van der Waals surface area contributed by atoms with Crippen molar-refractivity contribution in [2.45, 2.75) is 39.2 Å². The standard InChI is InChI=1S/C33H35N3O5/c1-21-14-22(2)31(29(15-21)39-3)28-13-11-25-10-12-27(34-32(25)35-28)26-16-24(17-30(37)40-4)18-36(19-26)33(38)41-20-23-8-6-5-7-9-23/h5-15,24,26H,16-20H2,1-4H3. The quantitative estimate of drug-likeness (QED) is 0.251. The maximum absolute atomic E-state index is 13.1. The molecule has 2 aromatic carbocycles. The predicted molar refractivity (Wildman–Crippen MR) is 157 cm³/mol. The third kappa shape index (κ3) is 6.48. The summed E-state index contributed by atoms with van der Waals surface area (Å²) in [6.45, 7) is 5.14. The number of aryl methyl sites for hydroxylation is 2. The highest BCUT2D eigenvalue weighted by Gasteiger charge is 2.34. The Morgan fingerprint density at radius 2 is 1.73 bits per heavy atom. The van der Waals surface area contributed by atoms with Crippen LogP contribution in [0.4, 0.5) is 4.79 Å². The van der Waals surface area contributed by atoms with Crippen molar-refractivity contribution in [3.8, 4) is 17.0 Å². The number of amides is 1. The van der Waals surface area contributed by atoms with E-state index in [1.54, 1.807) is 12.0 Å². The van der Waals surface area contributed by atoms with E-state index in [9.17, 15) is 9.59 Å². The number of esters is 1. The molecule has 4 aromatic rings. The lowest BCUT2D eigenvalue weighted by Crippen LogP contribution is -2.44. The first-order chi connectivity index (χ1) is 19.8. The van der Waals surface area contributed by atoms with Crippen molar-refractivity contribution in [2.24, 2.45) is 5.92 Å². The second kappa shape index (κ2) is 12.4. The summed E-state index contributed by atoms with van der Waals surface area (Å²) < 4.78 is 16.2. The molecule has 5 rings (SSSR count). The number of pyridine rings is 2. The summed E-state index contributed by atoms with van der Waals surface area (Å²) in [5, 5.41) is 0.919. The molecule has 2 unspecified atom stereocenters. The highest BCUT2D eigenvalue weighted by atomic mass is 16.6. The number of nitrogens with zero attached hydrogens (tertiary/aromatic N) is 3. The molecule has 8 heteroatoms. The summed E-state index contributed by atoms with van der Waals surface area (Å²) in [5.74, 6) is 0.302. The lowest BCUT2D eigenvalue weighted by Gasteiger charge is -2.36. The van der Waals surface area contributed by atoms with Gasteiger partial charge >= 0.3 is 12.1 Å². The monoisotopic (exact) mass is 553 g/mol. The number of benzene rings is 2. The van der Waals surface area contributed by atoms with Gasteiger partial charge in [-0.05, 0) is 73.2 Å². The van der Waals surface area contributed by atoms with Crippen LogP contribution in [0.1, 0.15) is 41.1 Å². The van der Waals surface area contributed by atoms with Crippen LogP contribution in [0.25, 0.3) is 22.3 Å². The molecule has 0 N–H and O–H groups in total. The number of aromatic nitrogens is 2. The summed E-state index contributed by atoms with van der Waals surface area (Å²) >= 11 is 0. The molecule has 1 aliphatic heterocycles. The molecular formula is C33H35N3O5. The first-order valence-electron chi connectivity index (χ1n) is 13.8. The van der Waals surface area contributed by atoms with Crippen LogP contribution in [0.5, 0.6) is 5.75 Å². The molecule has 3 heterocycles. The molecular weight excluding hydrogens is 518 g/mol.